The molecule has 6 saturated heterocycles. The zero-order valence-electron chi connectivity index (χ0n) is 53.8. The van der Waals surface area contributed by atoms with Crippen LogP contribution in [0.5, 0.6) is 11.8 Å². The molecule has 6 aliphatic rings. The maximum atomic E-state index is 18.0. The molecule has 0 radical (unpaired) electrons. The molecule has 0 spiro atoms. The molecular formula is C68H89F3N10O8Si. The molecule has 4 atom stereocenters. The number of anilines is 1. The van der Waals surface area contributed by atoms with Crippen LogP contribution in [0.1, 0.15) is 156 Å². The first-order valence-corrected chi connectivity index (χ1v) is 35.2. The summed E-state index contributed by atoms with van der Waals surface area (Å²) < 4.78 is 72.9. The Hall–Kier alpha value is -6.62. The number of nitrogens with zero attached hydrogens (tertiary/aromatic N) is 9. The smallest absolute Gasteiger partial charge is 0.409 e. The number of rotatable bonds is 17. The van der Waals surface area contributed by atoms with E-state index in [1.54, 1.807) is 31.3 Å². The number of halogens is 3. The number of piperidine rings is 4. The Morgan fingerprint density at radius 1 is 0.856 bits per heavy atom. The van der Waals surface area contributed by atoms with Gasteiger partial charge in [-0.2, -0.15) is 9.97 Å². The molecule has 9 heterocycles. The molecule has 22 heteroatoms. The Bertz CT molecular complexity index is 3780. The average molecular weight is 1260 g/mol. The molecule has 484 valence electrons. The zero-order valence-corrected chi connectivity index (χ0v) is 54.8. The van der Waals surface area contributed by atoms with Gasteiger partial charge >= 0.3 is 17.8 Å². The van der Waals surface area contributed by atoms with Gasteiger partial charge in [0.1, 0.15) is 53.4 Å². The van der Waals surface area contributed by atoms with Gasteiger partial charge in [0.05, 0.1) is 22.0 Å². The summed E-state index contributed by atoms with van der Waals surface area (Å²) in [7, 11) is -0.978. The molecule has 0 bridgehead atoms. The third-order valence-corrected chi connectivity index (χ3v) is 27.4. The minimum atomic E-state index is -2.50. The number of hydrogen-bond donors (Lipinski definition) is 2. The second kappa shape index (κ2) is 25.1. The normalized spacial score (nSPS) is 23.6. The van der Waals surface area contributed by atoms with Crippen LogP contribution in [0.15, 0.2) is 47.4 Å². The number of pyridine rings is 1. The fraction of sp³-hybridized carbons (Fsp3) is 0.603. The fourth-order valence-electron chi connectivity index (χ4n) is 16.9. The van der Waals surface area contributed by atoms with Gasteiger partial charge in [0, 0.05) is 64.0 Å². The summed E-state index contributed by atoms with van der Waals surface area (Å²) in [6, 6.07) is 9.60. The van der Waals surface area contributed by atoms with Crippen molar-refractivity contribution in [3.63, 3.8) is 0 Å². The van der Waals surface area contributed by atoms with Gasteiger partial charge in [-0.1, -0.05) is 60.6 Å². The van der Waals surface area contributed by atoms with Gasteiger partial charge < -0.3 is 33.7 Å². The monoisotopic (exact) mass is 1260 g/mol. The minimum absolute atomic E-state index is 0.00702. The number of nitrogens with one attached hydrogen (secondary N) is 1. The number of aryl methyl sites for hydroxylation is 2. The number of carbonyl (C=O) groups is 3. The Labute approximate surface area is 525 Å². The third-order valence-electron chi connectivity index (χ3n) is 21.4. The van der Waals surface area contributed by atoms with Crippen molar-refractivity contribution in [2.75, 3.05) is 70.5 Å². The average Bonchev–Trinajstić information content (AvgIpc) is 1.48. The molecule has 2 N–H and O–H groups in total. The van der Waals surface area contributed by atoms with Gasteiger partial charge in [0.15, 0.2) is 11.6 Å². The molecular weight excluding hydrogens is 1170 g/mol. The predicted molar refractivity (Wildman–Crippen MR) is 343 cm³/mol. The number of imide groups is 1. The number of ether oxygens (including phenoxy) is 2. The lowest BCUT2D eigenvalue weighted by Gasteiger charge is -2.42. The Kier molecular flexibility index (Phi) is 17.7. The van der Waals surface area contributed by atoms with Gasteiger partial charge in [-0.25, -0.2) is 22.8 Å². The van der Waals surface area contributed by atoms with Crippen LogP contribution in [0.25, 0.3) is 44.0 Å². The summed E-state index contributed by atoms with van der Waals surface area (Å²) in [5, 5.41) is 15.3. The van der Waals surface area contributed by atoms with Gasteiger partial charge in [-0.3, -0.25) is 33.9 Å². The zero-order chi connectivity index (χ0) is 63.7. The summed E-state index contributed by atoms with van der Waals surface area (Å²) in [5.41, 5.74) is 0.898. The molecule has 6 aliphatic heterocycles. The number of amides is 3. The summed E-state index contributed by atoms with van der Waals surface area (Å²) in [4.78, 5) is 75.0. The van der Waals surface area contributed by atoms with Crippen molar-refractivity contribution in [1.29, 1.82) is 0 Å². The van der Waals surface area contributed by atoms with E-state index in [0.717, 1.165) is 82.9 Å². The second-order valence-corrected chi connectivity index (χ2v) is 33.4. The SMILES string of the molecule is CCc1c(F)ccc2cc(O[Si](C(C)C)(C(C)C)C(C)C)cc(-c3ncc4c(N5CCC[C@@](C)(O)C5)nc(OC[C@@]56CCCN5[C@H](COC(=O)N5CCC(CN7CCC(c8ccc9c(c8F)n(C)c(=O)n9C8CCC(=O)NC8=O)CC7)CC5)CC6)nc4c3F)c12. The number of carbonyl (C=O) groups excluding carboxylic acids is 3. The van der Waals surface area contributed by atoms with Crippen molar-refractivity contribution in [2.45, 2.75) is 185 Å². The maximum Gasteiger partial charge on any atom is 0.409 e. The third kappa shape index (κ3) is 11.7. The lowest BCUT2D eigenvalue weighted by atomic mass is 9.87. The van der Waals surface area contributed by atoms with Crippen LogP contribution in [0.3, 0.4) is 0 Å². The predicted octanol–water partition coefficient (Wildman–Crippen LogP) is 11.5. The fourth-order valence-corrected chi connectivity index (χ4v) is 22.1. The molecule has 3 aromatic carbocycles. The molecule has 3 aromatic heterocycles. The van der Waals surface area contributed by atoms with Crippen molar-refractivity contribution in [3.05, 3.63) is 81.7 Å². The van der Waals surface area contributed by atoms with Crippen LogP contribution >= 0.6 is 0 Å². The second-order valence-electron chi connectivity index (χ2n) is 28.0. The van der Waals surface area contributed by atoms with E-state index in [9.17, 15) is 24.3 Å². The Morgan fingerprint density at radius 3 is 2.29 bits per heavy atom. The van der Waals surface area contributed by atoms with E-state index in [4.69, 9.17) is 28.9 Å². The van der Waals surface area contributed by atoms with Crippen molar-refractivity contribution < 1.29 is 46.6 Å². The molecule has 18 nitrogen and oxygen atoms in total. The summed E-state index contributed by atoms with van der Waals surface area (Å²) in [6.45, 7) is 22.8. The number of hydrogen-bond acceptors (Lipinski definition) is 14. The first-order valence-electron chi connectivity index (χ1n) is 33.1. The van der Waals surface area contributed by atoms with Crippen molar-refractivity contribution >= 4 is 64.8 Å². The van der Waals surface area contributed by atoms with Crippen molar-refractivity contribution in [1.82, 2.24) is 44.1 Å². The number of aromatic nitrogens is 5. The highest BCUT2D eigenvalue weighted by atomic mass is 28.4. The van der Waals surface area contributed by atoms with Crippen LogP contribution in [0.4, 0.5) is 23.8 Å². The molecule has 6 fully saturated rings. The van der Waals surface area contributed by atoms with E-state index < -0.39 is 43.2 Å². The standard InChI is InChI=1S/C68H89F3N10O8Si/c1-10-48-52(69)15-13-45-33-47(89-90(40(2)3,41(4)5)42(6)7)34-50(56(45)48)59-58(71)60-51(35-72-59)62(79-27-11-24-67(8,86)38-79)75-64(74-60)88-39-68-25-12-28-80(68)46(19-26-68)37-87-66(85)78-31-20-43(21-32-78)36-77-29-22-44(23-30-77)49-14-16-53-61(57(49)70)76(9)65(84)81(53)54-17-18-55(82)73-63(54)83/h13-16,33-35,40-44,46,54,86H,10-12,17-32,36-39H2,1-9H3,(H,73,82,83)/t46-,54?,67+,68-/m0/s1. The molecule has 90 heavy (non-hydrogen) atoms. The number of β-amino-alcohol motifs (C(OH)–C–C–N with tert-alkyl or cyclic N) is 1. The van der Waals surface area contributed by atoms with E-state index in [1.165, 1.54) is 22.2 Å². The molecule has 12 rings (SSSR count). The Morgan fingerprint density at radius 2 is 1.59 bits per heavy atom. The van der Waals surface area contributed by atoms with Gasteiger partial charge in [0.2, 0.25) is 11.8 Å². The first-order chi connectivity index (χ1) is 43.0. The van der Waals surface area contributed by atoms with Gasteiger partial charge in [-0.15, -0.1) is 0 Å². The van der Waals surface area contributed by atoms with E-state index in [-0.39, 0.29) is 107 Å². The van der Waals surface area contributed by atoms with Crippen LogP contribution in [0, 0.1) is 23.4 Å². The number of aliphatic hydroxyl groups is 1. The molecule has 3 amide bonds. The molecule has 1 unspecified atom stereocenters. The summed E-state index contributed by atoms with van der Waals surface area (Å²) in [5.74, 6) is -1.06. The molecule has 0 saturated carbocycles. The molecule has 0 aliphatic carbocycles. The minimum Gasteiger partial charge on any atom is -0.543 e. The highest BCUT2D eigenvalue weighted by molar-refractivity contribution is 6.78. The number of likely N-dealkylation sites (tertiary alicyclic amines) is 2. The van der Waals surface area contributed by atoms with Crippen LogP contribution in [-0.4, -0.2) is 153 Å². The number of fused-ring (bicyclic) bond motifs is 4. The van der Waals surface area contributed by atoms with E-state index in [0.29, 0.717) is 89.4 Å². The van der Waals surface area contributed by atoms with Crippen LogP contribution < -0.4 is 25.1 Å². The summed E-state index contributed by atoms with van der Waals surface area (Å²) in [6.07, 6.45) is 9.85. The number of imidazole rings is 1. The van der Waals surface area contributed by atoms with Crippen LogP contribution in [0.2, 0.25) is 16.6 Å². The van der Waals surface area contributed by atoms with E-state index >= 15 is 13.2 Å². The van der Waals surface area contributed by atoms with Crippen LogP contribution in [-0.2, 0) is 27.8 Å². The quantitative estimate of drug-likeness (QED) is 0.0648. The van der Waals surface area contributed by atoms with E-state index in [1.807, 2.05) is 28.9 Å². The lowest BCUT2D eigenvalue weighted by molar-refractivity contribution is -0.135. The first kappa shape index (κ1) is 63.5. The maximum absolute atomic E-state index is 18.0. The molecule has 6 aromatic rings. The highest BCUT2D eigenvalue weighted by Gasteiger charge is 2.51. The topological polar surface area (TPSA) is 190 Å². The van der Waals surface area contributed by atoms with Crippen molar-refractivity contribution in [2.24, 2.45) is 13.0 Å². The van der Waals surface area contributed by atoms with Gasteiger partial charge in [-0.05, 0) is 178 Å². The number of benzene rings is 3. The van der Waals surface area contributed by atoms with Crippen molar-refractivity contribution in [3.8, 4) is 23.0 Å². The van der Waals surface area contributed by atoms with E-state index in [2.05, 4.69) is 56.7 Å². The summed E-state index contributed by atoms with van der Waals surface area (Å²) >= 11 is 0. The highest BCUT2D eigenvalue weighted by Crippen LogP contribution is 2.47. The van der Waals surface area contributed by atoms with Gasteiger partial charge in [0.25, 0.3) is 8.32 Å². The largest absolute Gasteiger partial charge is 0.543 e. The Balaban J connectivity index is 0.701. The lowest BCUT2D eigenvalue weighted by Crippen LogP contribution is -2.50.